The third-order valence-electron chi connectivity index (χ3n) is 4.87. The van der Waals surface area contributed by atoms with Crippen LogP contribution in [-0.4, -0.2) is 40.0 Å². The van der Waals surface area contributed by atoms with Crippen molar-refractivity contribution in [1.82, 2.24) is 20.2 Å². The van der Waals surface area contributed by atoms with Crippen molar-refractivity contribution in [3.8, 4) is 5.88 Å². The molecule has 4 rings (SSSR count). The predicted molar refractivity (Wildman–Crippen MR) is 92.9 cm³/mol. The summed E-state index contributed by atoms with van der Waals surface area (Å²) in [5, 5.41) is 3.53. The number of nitrogens with one attached hydrogen (secondary N) is 1. The first-order chi connectivity index (χ1) is 12.3. The minimum Gasteiger partial charge on any atom is -0.481 e. The maximum absolute atomic E-state index is 12.6. The third-order valence-corrected chi connectivity index (χ3v) is 4.87. The summed E-state index contributed by atoms with van der Waals surface area (Å²) in [7, 11) is 1.61. The Morgan fingerprint density at radius 3 is 2.88 bits per heavy atom. The number of methoxy groups -OCH3 is 1. The van der Waals surface area contributed by atoms with Crippen molar-refractivity contribution in [2.24, 2.45) is 0 Å². The number of aromatic nitrogens is 2. The van der Waals surface area contributed by atoms with E-state index in [0.29, 0.717) is 24.9 Å². The first kappa shape index (κ1) is 16.0. The van der Waals surface area contributed by atoms with E-state index in [2.05, 4.69) is 26.3 Å². The Kier molecular flexibility index (Phi) is 4.36. The van der Waals surface area contributed by atoms with Crippen LogP contribution < -0.4 is 10.1 Å². The van der Waals surface area contributed by atoms with Crippen molar-refractivity contribution in [2.45, 2.75) is 43.9 Å². The van der Waals surface area contributed by atoms with Crippen LogP contribution in [-0.2, 0) is 11.3 Å². The molecule has 2 aromatic heterocycles. The molecule has 0 bridgehead atoms. The molecule has 1 aliphatic heterocycles. The summed E-state index contributed by atoms with van der Waals surface area (Å²) in [5.41, 5.74) is 2.00. The van der Waals surface area contributed by atoms with Gasteiger partial charge < -0.3 is 15.0 Å². The topological polar surface area (TPSA) is 67.3 Å². The Morgan fingerprint density at radius 2 is 2.16 bits per heavy atom. The van der Waals surface area contributed by atoms with E-state index < -0.39 is 0 Å². The molecular formula is C19H22N4O2. The maximum atomic E-state index is 12.6. The highest BCUT2D eigenvalue weighted by Crippen LogP contribution is 2.41. The van der Waals surface area contributed by atoms with E-state index in [-0.39, 0.29) is 18.0 Å². The number of carbonyl (C=O) groups excluding carboxylic acids is 1. The van der Waals surface area contributed by atoms with Crippen LogP contribution in [0.3, 0.4) is 0 Å². The van der Waals surface area contributed by atoms with Gasteiger partial charge in [-0.1, -0.05) is 12.1 Å². The minimum atomic E-state index is 0.0410. The van der Waals surface area contributed by atoms with Crippen LogP contribution in [0.15, 0.2) is 42.7 Å². The molecule has 1 aliphatic carbocycles. The molecule has 0 unspecified atom stereocenters. The molecule has 0 spiro atoms. The molecule has 1 N–H and O–H groups in total. The number of carbonyl (C=O) groups is 1. The second-order valence-electron chi connectivity index (χ2n) is 6.63. The Hall–Kier alpha value is -2.47. The van der Waals surface area contributed by atoms with E-state index in [4.69, 9.17) is 4.74 Å². The number of pyridine rings is 2. The van der Waals surface area contributed by atoms with Gasteiger partial charge in [0.1, 0.15) is 0 Å². The molecule has 6 heteroatoms. The zero-order valence-electron chi connectivity index (χ0n) is 14.3. The van der Waals surface area contributed by atoms with Gasteiger partial charge in [-0.3, -0.25) is 9.78 Å². The number of nitrogens with zero attached hydrogens (tertiary/aromatic N) is 3. The molecule has 3 heterocycles. The molecule has 25 heavy (non-hydrogen) atoms. The Labute approximate surface area is 147 Å². The fourth-order valence-corrected chi connectivity index (χ4v) is 3.57. The summed E-state index contributed by atoms with van der Waals surface area (Å²) in [4.78, 5) is 23.3. The number of hydrogen-bond acceptors (Lipinski definition) is 5. The van der Waals surface area contributed by atoms with Crippen LogP contribution in [0.1, 0.15) is 36.6 Å². The van der Waals surface area contributed by atoms with Gasteiger partial charge in [0.2, 0.25) is 11.8 Å². The molecule has 6 nitrogen and oxygen atoms in total. The van der Waals surface area contributed by atoms with Crippen LogP contribution in [0.2, 0.25) is 0 Å². The normalized spacial score (nSPS) is 23.1. The fraction of sp³-hybridized carbons (Fsp3) is 0.421. The average Bonchev–Trinajstić information content (AvgIpc) is 3.44. The quantitative estimate of drug-likeness (QED) is 0.873. The number of rotatable bonds is 6. The SMILES string of the molecule is COc1cccc(CN[C@@H]2CC(=O)N(C3CC3)[C@H]2c2cccnc2)n1. The standard InChI is InChI=1S/C19H22N4O2/c1-25-17-6-2-5-14(22-17)12-21-16-10-18(24)23(15-7-8-15)19(16)13-4-3-9-20-11-13/h2-6,9,11,15-16,19,21H,7-8,10,12H2,1H3/t16-,19+/m1/s1. The van der Waals surface area contributed by atoms with Gasteiger partial charge in [0, 0.05) is 43.5 Å². The average molecular weight is 338 g/mol. The van der Waals surface area contributed by atoms with E-state index in [1.165, 1.54) is 0 Å². The van der Waals surface area contributed by atoms with Gasteiger partial charge in [-0.25, -0.2) is 4.98 Å². The van der Waals surface area contributed by atoms with E-state index in [1.807, 2.05) is 30.5 Å². The number of amides is 1. The van der Waals surface area contributed by atoms with Crippen molar-refractivity contribution in [2.75, 3.05) is 7.11 Å². The molecular weight excluding hydrogens is 316 g/mol. The molecule has 0 radical (unpaired) electrons. The summed E-state index contributed by atoms with van der Waals surface area (Å²) in [5.74, 6) is 0.831. The summed E-state index contributed by atoms with van der Waals surface area (Å²) in [6, 6.07) is 10.2. The summed E-state index contributed by atoms with van der Waals surface area (Å²) >= 11 is 0. The monoisotopic (exact) mass is 338 g/mol. The van der Waals surface area contributed by atoms with Crippen molar-refractivity contribution in [3.05, 3.63) is 54.0 Å². The van der Waals surface area contributed by atoms with E-state index in [9.17, 15) is 4.79 Å². The van der Waals surface area contributed by atoms with Gasteiger partial charge in [-0.2, -0.15) is 0 Å². The molecule has 0 aromatic carbocycles. The van der Waals surface area contributed by atoms with E-state index >= 15 is 0 Å². The second-order valence-corrected chi connectivity index (χ2v) is 6.63. The fourth-order valence-electron chi connectivity index (χ4n) is 3.57. The molecule has 1 saturated carbocycles. The van der Waals surface area contributed by atoms with Crippen molar-refractivity contribution >= 4 is 5.91 Å². The Bertz CT molecular complexity index is 748. The van der Waals surface area contributed by atoms with Crippen molar-refractivity contribution in [3.63, 3.8) is 0 Å². The van der Waals surface area contributed by atoms with Crippen LogP contribution in [0.4, 0.5) is 0 Å². The van der Waals surface area contributed by atoms with E-state index in [1.54, 1.807) is 13.3 Å². The lowest BCUT2D eigenvalue weighted by molar-refractivity contribution is -0.129. The molecule has 2 fully saturated rings. The second kappa shape index (κ2) is 6.80. The van der Waals surface area contributed by atoms with Gasteiger partial charge in [0.05, 0.1) is 18.8 Å². The first-order valence-corrected chi connectivity index (χ1v) is 8.70. The summed E-state index contributed by atoms with van der Waals surface area (Å²) in [6.07, 6.45) is 6.36. The van der Waals surface area contributed by atoms with Gasteiger partial charge in [-0.15, -0.1) is 0 Å². The third kappa shape index (κ3) is 3.35. The van der Waals surface area contributed by atoms with Gasteiger partial charge >= 0.3 is 0 Å². The number of likely N-dealkylation sites (tertiary alicyclic amines) is 1. The molecule has 2 aromatic rings. The van der Waals surface area contributed by atoms with Crippen LogP contribution in [0, 0.1) is 0 Å². The Balaban J connectivity index is 1.53. The molecule has 130 valence electrons. The molecule has 2 aliphatic rings. The zero-order chi connectivity index (χ0) is 17.2. The zero-order valence-corrected chi connectivity index (χ0v) is 14.3. The first-order valence-electron chi connectivity index (χ1n) is 8.70. The number of ether oxygens (including phenoxy) is 1. The minimum absolute atomic E-state index is 0.0410. The van der Waals surface area contributed by atoms with Gasteiger partial charge in [0.25, 0.3) is 0 Å². The van der Waals surface area contributed by atoms with Gasteiger partial charge in [0.15, 0.2) is 0 Å². The number of hydrogen-bond donors (Lipinski definition) is 1. The lowest BCUT2D eigenvalue weighted by Crippen LogP contribution is -2.37. The molecule has 1 amide bonds. The predicted octanol–water partition coefficient (Wildman–Crippen LogP) is 2.08. The highest BCUT2D eigenvalue weighted by molar-refractivity contribution is 5.81. The Morgan fingerprint density at radius 1 is 1.28 bits per heavy atom. The lowest BCUT2D eigenvalue weighted by Gasteiger charge is -2.29. The van der Waals surface area contributed by atoms with Crippen molar-refractivity contribution in [1.29, 1.82) is 0 Å². The van der Waals surface area contributed by atoms with Gasteiger partial charge in [-0.05, 0) is 30.5 Å². The van der Waals surface area contributed by atoms with Crippen LogP contribution in [0.25, 0.3) is 0 Å². The molecule has 2 atom stereocenters. The summed E-state index contributed by atoms with van der Waals surface area (Å²) in [6.45, 7) is 0.602. The highest BCUT2D eigenvalue weighted by Gasteiger charge is 2.47. The largest absolute Gasteiger partial charge is 0.481 e. The lowest BCUT2D eigenvalue weighted by atomic mass is 10.0. The molecule has 1 saturated heterocycles. The highest BCUT2D eigenvalue weighted by atomic mass is 16.5. The van der Waals surface area contributed by atoms with Crippen LogP contribution >= 0.6 is 0 Å². The van der Waals surface area contributed by atoms with Crippen molar-refractivity contribution < 1.29 is 9.53 Å². The van der Waals surface area contributed by atoms with E-state index in [0.717, 1.165) is 24.1 Å². The smallest absolute Gasteiger partial charge is 0.225 e. The van der Waals surface area contributed by atoms with Crippen LogP contribution in [0.5, 0.6) is 5.88 Å². The maximum Gasteiger partial charge on any atom is 0.225 e. The summed E-state index contributed by atoms with van der Waals surface area (Å²) < 4.78 is 5.18.